The average molecular weight is 196 g/mol. The van der Waals surface area contributed by atoms with Gasteiger partial charge in [0, 0.05) is 25.2 Å². The van der Waals surface area contributed by atoms with Gasteiger partial charge >= 0.3 is 0 Å². The Morgan fingerprint density at radius 3 is 2.50 bits per heavy atom. The molecule has 2 fully saturated rings. The molecule has 0 spiro atoms. The summed E-state index contributed by atoms with van der Waals surface area (Å²) >= 11 is 0. The molecule has 14 heavy (non-hydrogen) atoms. The maximum Gasteiger partial charge on any atom is 0.0110 e. The van der Waals surface area contributed by atoms with Crippen molar-refractivity contribution < 1.29 is 0 Å². The molecule has 1 aliphatic heterocycles. The van der Waals surface area contributed by atoms with E-state index in [0.29, 0.717) is 5.41 Å². The van der Waals surface area contributed by atoms with Gasteiger partial charge in [0.25, 0.3) is 0 Å². The van der Waals surface area contributed by atoms with Crippen molar-refractivity contribution in [1.29, 1.82) is 0 Å². The maximum atomic E-state index is 3.43. The molecule has 1 N–H and O–H groups in total. The van der Waals surface area contributed by atoms with Crippen molar-refractivity contribution in [3.05, 3.63) is 0 Å². The fourth-order valence-electron chi connectivity index (χ4n) is 3.07. The summed E-state index contributed by atoms with van der Waals surface area (Å²) in [4.78, 5) is 2.68. The minimum Gasteiger partial charge on any atom is -0.317 e. The smallest absolute Gasteiger partial charge is 0.0110 e. The summed E-state index contributed by atoms with van der Waals surface area (Å²) in [5, 5.41) is 3.43. The van der Waals surface area contributed by atoms with E-state index < -0.39 is 0 Å². The number of likely N-dealkylation sites (tertiary alicyclic amines) is 1. The third-order valence-electron chi connectivity index (χ3n) is 3.83. The van der Waals surface area contributed by atoms with E-state index in [-0.39, 0.29) is 0 Å². The van der Waals surface area contributed by atoms with E-state index in [1.54, 1.807) is 0 Å². The molecule has 82 valence electrons. The van der Waals surface area contributed by atoms with Crippen molar-refractivity contribution in [2.75, 3.05) is 20.1 Å². The zero-order chi connectivity index (χ0) is 10.2. The first kappa shape index (κ1) is 10.4. The molecule has 2 aliphatic rings. The lowest BCUT2D eigenvalue weighted by Crippen LogP contribution is -2.58. The SMILES string of the molecule is CNC1CCCC(N2CC(C)(C)C2)C1. The number of hydrogen-bond acceptors (Lipinski definition) is 2. The highest BCUT2D eigenvalue weighted by atomic mass is 15.2. The van der Waals surface area contributed by atoms with Crippen LogP contribution in [0, 0.1) is 5.41 Å². The van der Waals surface area contributed by atoms with Crippen LogP contribution < -0.4 is 5.32 Å². The zero-order valence-corrected chi connectivity index (χ0v) is 9.84. The van der Waals surface area contributed by atoms with Gasteiger partial charge in [0.15, 0.2) is 0 Å². The van der Waals surface area contributed by atoms with E-state index in [4.69, 9.17) is 0 Å². The molecule has 0 aromatic heterocycles. The number of nitrogens with zero attached hydrogens (tertiary/aromatic N) is 1. The Kier molecular flexibility index (Phi) is 2.85. The first-order chi connectivity index (χ1) is 6.61. The van der Waals surface area contributed by atoms with Crippen LogP contribution in [-0.4, -0.2) is 37.1 Å². The molecule has 1 saturated carbocycles. The quantitative estimate of drug-likeness (QED) is 0.725. The lowest BCUT2D eigenvalue weighted by Gasteiger charge is -2.51. The van der Waals surface area contributed by atoms with E-state index in [0.717, 1.165) is 12.1 Å². The first-order valence-corrected chi connectivity index (χ1v) is 6.02. The average Bonchev–Trinajstić information content (AvgIpc) is 2.14. The van der Waals surface area contributed by atoms with Gasteiger partial charge in [-0.15, -0.1) is 0 Å². The minimum absolute atomic E-state index is 0.590. The Labute approximate surface area is 88.1 Å². The van der Waals surface area contributed by atoms with Crippen LogP contribution in [0.15, 0.2) is 0 Å². The largest absolute Gasteiger partial charge is 0.317 e. The van der Waals surface area contributed by atoms with Crippen molar-refractivity contribution in [2.45, 2.75) is 51.6 Å². The third kappa shape index (κ3) is 2.12. The molecule has 2 nitrogen and oxygen atoms in total. The fraction of sp³-hybridized carbons (Fsp3) is 1.00. The lowest BCUT2D eigenvalue weighted by molar-refractivity contribution is -0.0212. The number of rotatable bonds is 2. The second-order valence-electron chi connectivity index (χ2n) is 5.88. The van der Waals surface area contributed by atoms with Crippen LogP contribution in [0.1, 0.15) is 39.5 Å². The highest BCUT2D eigenvalue weighted by Crippen LogP contribution is 2.34. The van der Waals surface area contributed by atoms with Crippen molar-refractivity contribution in [2.24, 2.45) is 5.41 Å². The highest BCUT2D eigenvalue weighted by molar-refractivity contribution is 4.94. The Morgan fingerprint density at radius 1 is 1.21 bits per heavy atom. The summed E-state index contributed by atoms with van der Waals surface area (Å²) in [7, 11) is 2.10. The van der Waals surface area contributed by atoms with Crippen LogP contribution in [0.4, 0.5) is 0 Å². The van der Waals surface area contributed by atoms with E-state index in [1.807, 2.05) is 0 Å². The Balaban J connectivity index is 1.81. The van der Waals surface area contributed by atoms with E-state index >= 15 is 0 Å². The molecule has 0 radical (unpaired) electrons. The van der Waals surface area contributed by atoms with Gasteiger partial charge in [-0.1, -0.05) is 20.3 Å². The van der Waals surface area contributed by atoms with Crippen LogP contribution in [0.5, 0.6) is 0 Å². The van der Waals surface area contributed by atoms with Gasteiger partial charge in [-0.25, -0.2) is 0 Å². The van der Waals surface area contributed by atoms with Crippen molar-refractivity contribution in [3.8, 4) is 0 Å². The van der Waals surface area contributed by atoms with Gasteiger partial charge in [-0.2, -0.15) is 0 Å². The fourth-order valence-corrected chi connectivity index (χ4v) is 3.07. The highest BCUT2D eigenvalue weighted by Gasteiger charge is 2.39. The summed E-state index contributed by atoms with van der Waals surface area (Å²) in [6.07, 6.45) is 5.58. The van der Waals surface area contributed by atoms with E-state index in [2.05, 4.69) is 31.1 Å². The Morgan fingerprint density at radius 2 is 1.93 bits per heavy atom. The minimum atomic E-state index is 0.590. The predicted molar refractivity (Wildman–Crippen MR) is 60.5 cm³/mol. The molecule has 2 unspecified atom stereocenters. The molecule has 0 aromatic carbocycles. The second kappa shape index (κ2) is 3.82. The Bertz CT molecular complexity index is 192. The number of hydrogen-bond donors (Lipinski definition) is 1. The summed E-state index contributed by atoms with van der Waals surface area (Å²) in [6, 6.07) is 1.65. The van der Waals surface area contributed by atoms with Gasteiger partial charge in [-0.3, -0.25) is 4.90 Å². The predicted octanol–water partition coefficient (Wildman–Crippen LogP) is 1.86. The van der Waals surface area contributed by atoms with Gasteiger partial charge in [0.05, 0.1) is 0 Å². The molecule has 1 aliphatic carbocycles. The monoisotopic (exact) mass is 196 g/mol. The second-order valence-corrected chi connectivity index (χ2v) is 5.88. The van der Waals surface area contributed by atoms with Gasteiger partial charge < -0.3 is 5.32 Å². The van der Waals surface area contributed by atoms with E-state index in [1.165, 1.54) is 38.8 Å². The molecule has 0 aromatic rings. The lowest BCUT2D eigenvalue weighted by atomic mass is 9.80. The normalized spacial score (nSPS) is 37.9. The van der Waals surface area contributed by atoms with Crippen LogP contribution >= 0.6 is 0 Å². The van der Waals surface area contributed by atoms with E-state index in [9.17, 15) is 0 Å². The maximum absolute atomic E-state index is 3.43. The molecular weight excluding hydrogens is 172 g/mol. The molecule has 1 saturated heterocycles. The molecule has 0 amide bonds. The molecular formula is C12H24N2. The third-order valence-corrected chi connectivity index (χ3v) is 3.83. The molecule has 1 heterocycles. The van der Waals surface area contributed by atoms with Crippen molar-refractivity contribution >= 4 is 0 Å². The van der Waals surface area contributed by atoms with Gasteiger partial charge in [0.1, 0.15) is 0 Å². The summed E-state index contributed by atoms with van der Waals surface area (Å²) in [5.41, 5.74) is 0.590. The Hall–Kier alpha value is -0.0800. The van der Waals surface area contributed by atoms with Crippen molar-refractivity contribution in [3.63, 3.8) is 0 Å². The molecule has 0 bridgehead atoms. The molecule has 2 atom stereocenters. The van der Waals surface area contributed by atoms with Gasteiger partial charge in [0.2, 0.25) is 0 Å². The summed E-state index contributed by atoms with van der Waals surface area (Å²) in [5.74, 6) is 0. The summed E-state index contributed by atoms with van der Waals surface area (Å²) in [6.45, 7) is 7.38. The zero-order valence-electron chi connectivity index (χ0n) is 9.84. The topological polar surface area (TPSA) is 15.3 Å². The van der Waals surface area contributed by atoms with Crippen LogP contribution in [0.25, 0.3) is 0 Å². The van der Waals surface area contributed by atoms with Crippen molar-refractivity contribution in [1.82, 2.24) is 10.2 Å². The molecule has 2 rings (SSSR count). The van der Waals surface area contributed by atoms with Crippen LogP contribution in [0.2, 0.25) is 0 Å². The van der Waals surface area contributed by atoms with Crippen LogP contribution in [0.3, 0.4) is 0 Å². The first-order valence-electron chi connectivity index (χ1n) is 6.02. The number of nitrogens with one attached hydrogen (secondary N) is 1. The van der Waals surface area contributed by atoms with Gasteiger partial charge in [-0.05, 0) is 31.7 Å². The summed E-state index contributed by atoms with van der Waals surface area (Å²) < 4.78 is 0. The molecule has 2 heteroatoms. The van der Waals surface area contributed by atoms with Crippen LogP contribution in [-0.2, 0) is 0 Å². The standard InChI is InChI=1S/C12H24N2/c1-12(2)8-14(9-12)11-6-4-5-10(7-11)13-3/h10-11,13H,4-9H2,1-3H3.